The van der Waals surface area contributed by atoms with E-state index in [0.717, 1.165) is 5.56 Å². The number of carbonyl (C=O) groups is 2. The van der Waals surface area contributed by atoms with Crippen molar-refractivity contribution in [1.29, 1.82) is 0 Å². The SMILES string of the molecule is Cc1cccc(NC(=O)c2ccccc2NS(=O)(=O)c2ccc(C(N)=O)cc2)c1. The number of aryl methyl sites for hydroxylation is 1. The molecule has 3 aromatic rings. The van der Waals surface area contributed by atoms with Crippen LogP contribution in [0.2, 0.25) is 0 Å². The van der Waals surface area contributed by atoms with Crippen molar-refractivity contribution in [3.05, 3.63) is 89.5 Å². The molecule has 0 aromatic heterocycles. The molecule has 3 aromatic carbocycles. The van der Waals surface area contributed by atoms with Crippen molar-refractivity contribution in [2.45, 2.75) is 11.8 Å². The van der Waals surface area contributed by atoms with Crippen molar-refractivity contribution in [1.82, 2.24) is 0 Å². The Kier molecular flexibility index (Phi) is 5.65. The summed E-state index contributed by atoms with van der Waals surface area (Å²) in [4.78, 5) is 23.8. The van der Waals surface area contributed by atoms with Gasteiger partial charge in [-0.05, 0) is 61.0 Å². The van der Waals surface area contributed by atoms with Crippen molar-refractivity contribution in [2.75, 3.05) is 10.0 Å². The first-order valence-corrected chi connectivity index (χ1v) is 10.1. The summed E-state index contributed by atoms with van der Waals surface area (Å²) in [6.07, 6.45) is 0. The lowest BCUT2D eigenvalue weighted by Crippen LogP contribution is -2.19. The van der Waals surface area contributed by atoms with Gasteiger partial charge in [0.25, 0.3) is 15.9 Å². The Morgan fingerprint density at radius 1 is 0.897 bits per heavy atom. The van der Waals surface area contributed by atoms with Gasteiger partial charge in [0, 0.05) is 11.3 Å². The summed E-state index contributed by atoms with van der Waals surface area (Å²) in [5.74, 6) is -1.10. The van der Waals surface area contributed by atoms with Gasteiger partial charge in [0.15, 0.2) is 0 Å². The fourth-order valence-corrected chi connectivity index (χ4v) is 3.77. The van der Waals surface area contributed by atoms with Crippen LogP contribution in [0.1, 0.15) is 26.3 Å². The Labute approximate surface area is 168 Å². The van der Waals surface area contributed by atoms with Crippen LogP contribution in [0.25, 0.3) is 0 Å². The normalized spacial score (nSPS) is 10.9. The number of amides is 2. The third-order valence-electron chi connectivity index (χ3n) is 4.14. The summed E-state index contributed by atoms with van der Waals surface area (Å²) in [6, 6.07) is 18.8. The average molecular weight is 409 g/mol. The van der Waals surface area contributed by atoms with E-state index in [1.54, 1.807) is 18.2 Å². The van der Waals surface area contributed by atoms with Crippen molar-refractivity contribution in [3.63, 3.8) is 0 Å². The molecule has 0 saturated carbocycles. The van der Waals surface area contributed by atoms with Crippen LogP contribution in [0.4, 0.5) is 11.4 Å². The van der Waals surface area contributed by atoms with E-state index in [4.69, 9.17) is 5.73 Å². The van der Waals surface area contributed by atoms with Gasteiger partial charge >= 0.3 is 0 Å². The Morgan fingerprint density at radius 3 is 2.24 bits per heavy atom. The molecule has 0 saturated heterocycles. The zero-order chi connectivity index (χ0) is 21.0. The molecule has 29 heavy (non-hydrogen) atoms. The average Bonchev–Trinajstić information content (AvgIpc) is 2.68. The van der Waals surface area contributed by atoms with Crippen LogP contribution in [0.5, 0.6) is 0 Å². The van der Waals surface area contributed by atoms with Crippen molar-refractivity contribution in [2.24, 2.45) is 5.73 Å². The molecule has 148 valence electrons. The van der Waals surface area contributed by atoms with Gasteiger partial charge in [-0.3, -0.25) is 14.3 Å². The first-order chi connectivity index (χ1) is 13.8. The lowest BCUT2D eigenvalue weighted by molar-refractivity contribution is 0.0997. The number of benzene rings is 3. The maximum Gasteiger partial charge on any atom is 0.261 e. The van der Waals surface area contributed by atoms with E-state index >= 15 is 0 Å². The Bertz CT molecular complexity index is 1170. The lowest BCUT2D eigenvalue weighted by atomic mass is 10.1. The van der Waals surface area contributed by atoms with Gasteiger partial charge in [-0.1, -0.05) is 24.3 Å². The molecule has 0 fully saturated rings. The van der Waals surface area contributed by atoms with Crippen LogP contribution in [0.15, 0.2) is 77.7 Å². The number of para-hydroxylation sites is 1. The zero-order valence-electron chi connectivity index (χ0n) is 15.5. The van der Waals surface area contributed by atoms with E-state index in [1.807, 2.05) is 25.1 Å². The van der Waals surface area contributed by atoms with Crippen LogP contribution in [0.3, 0.4) is 0 Å². The molecule has 7 nitrogen and oxygen atoms in total. The largest absolute Gasteiger partial charge is 0.366 e. The minimum atomic E-state index is -3.97. The molecule has 8 heteroatoms. The topological polar surface area (TPSA) is 118 Å². The first-order valence-electron chi connectivity index (χ1n) is 8.66. The van der Waals surface area contributed by atoms with Gasteiger partial charge in [-0.15, -0.1) is 0 Å². The maximum atomic E-state index is 12.7. The molecule has 2 amide bonds. The Morgan fingerprint density at radius 2 is 1.59 bits per heavy atom. The molecule has 0 aliphatic carbocycles. The quantitative estimate of drug-likeness (QED) is 0.579. The van der Waals surface area contributed by atoms with Gasteiger partial charge in [-0.2, -0.15) is 0 Å². The smallest absolute Gasteiger partial charge is 0.261 e. The van der Waals surface area contributed by atoms with Crippen molar-refractivity contribution < 1.29 is 18.0 Å². The summed E-state index contributed by atoms with van der Waals surface area (Å²) in [6.45, 7) is 1.90. The maximum absolute atomic E-state index is 12.7. The molecule has 0 bridgehead atoms. The number of sulfonamides is 1. The lowest BCUT2D eigenvalue weighted by Gasteiger charge is -2.13. The number of rotatable bonds is 6. The van der Waals surface area contributed by atoms with Gasteiger partial charge < -0.3 is 11.1 Å². The van der Waals surface area contributed by atoms with Crippen LogP contribution in [-0.2, 0) is 10.0 Å². The minimum Gasteiger partial charge on any atom is -0.366 e. The summed E-state index contributed by atoms with van der Waals surface area (Å²) in [7, 11) is -3.97. The number of nitrogens with two attached hydrogens (primary N) is 1. The molecular weight excluding hydrogens is 390 g/mol. The molecule has 0 heterocycles. The number of hydrogen-bond acceptors (Lipinski definition) is 4. The highest BCUT2D eigenvalue weighted by molar-refractivity contribution is 7.92. The third-order valence-corrected chi connectivity index (χ3v) is 5.52. The third kappa shape index (κ3) is 4.80. The first kappa shape index (κ1) is 20.1. The Balaban J connectivity index is 1.86. The molecule has 4 N–H and O–H groups in total. The van der Waals surface area contributed by atoms with Gasteiger partial charge in [0.2, 0.25) is 5.91 Å². The van der Waals surface area contributed by atoms with Gasteiger partial charge in [0.05, 0.1) is 16.1 Å². The highest BCUT2D eigenvalue weighted by atomic mass is 32.2. The van der Waals surface area contributed by atoms with E-state index in [1.165, 1.54) is 36.4 Å². The van der Waals surface area contributed by atoms with E-state index < -0.39 is 21.8 Å². The van der Waals surface area contributed by atoms with Crippen LogP contribution >= 0.6 is 0 Å². The molecule has 0 radical (unpaired) electrons. The van der Waals surface area contributed by atoms with E-state index in [9.17, 15) is 18.0 Å². The Hall–Kier alpha value is -3.65. The second-order valence-electron chi connectivity index (χ2n) is 6.36. The predicted octanol–water partition coefficient (Wildman–Crippen LogP) is 3.15. The monoisotopic (exact) mass is 409 g/mol. The van der Waals surface area contributed by atoms with Crippen molar-refractivity contribution in [3.8, 4) is 0 Å². The van der Waals surface area contributed by atoms with Crippen LogP contribution < -0.4 is 15.8 Å². The number of carbonyl (C=O) groups excluding carboxylic acids is 2. The molecule has 0 aliphatic heterocycles. The van der Waals surface area contributed by atoms with Crippen LogP contribution in [-0.4, -0.2) is 20.2 Å². The molecule has 0 atom stereocenters. The molecule has 0 aliphatic rings. The van der Waals surface area contributed by atoms with E-state index in [-0.39, 0.29) is 21.7 Å². The summed E-state index contributed by atoms with van der Waals surface area (Å²) in [5, 5.41) is 2.76. The number of nitrogens with one attached hydrogen (secondary N) is 2. The van der Waals surface area contributed by atoms with Crippen LogP contribution in [0, 0.1) is 6.92 Å². The van der Waals surface area contributed by atoms with Gasteiger partial charge in [0.1, 0.15) is 0 Å². The fourth-order valence-electron chi connectivity index (χ4n) is 2.69. The highest BCUT2D eigenvalue weighted by Crippen LogP contribution is 2.22. The minimum absolute atomic E-state index is 0.0589. The second-order valence-corrected chi connectivity index (χ2v) is 8.05. The molecule has 3 rings (SSSR count). The second kappa shape index (κ2) is 8.15. The van der Waals surface area contributed by atoms with E-state index in [0.29, 0.717) is 5.69 Å². The molecular formula is C21H19N3O4S. The molecule has 0 unspecified atom stereocenters. The summed E-state index contributed by atoms with van der Waals surface area (Å²) in [5.41, 5.74) is 7.27. The highest BCUT2D eigenvalue weighted by Gasteiger charge is 2.19. The van der Waals surface area contributed by atoms with Gasteiger partial charge in [-0.25, -0.2) is 8.42 Å². The number of hydrogen-bond donors (Lipinski definition) is 3. The summed E-state index contributed by atoms with van der Waals surface area (Å²) >= 11 is 0. The van der Waals surface area contributed by atoms with Crippen molar-refractivity contribution >= 4 is 33.2 Å². The number of anilines is 2. The predicted molar refractivity (Wildman–Crippen MR) is 111 cm³/mol. The van der Waals surface area contributed by atoms with E-state index in [2.05, 4.69) is 10.0 Å². The number of primary amides is 1. The zero-order valence-corrected chi connectivity index (χ0v) is 16.4. The standard InChI is InChI=1S/C21H19N3O4S/c1-14-5-4-6-16(13-14)23-21(26)18-7-2-3-8-19(18)24-29(27,28)17-11-9-15(10-12-17)20(22)25/h2-13,24H,1H3,(H2,22,25)(H,23,26). The summed E-state index contributed by atoms with van der Waals surface area (Å²) < 4.78 is 27.8. The fraction of sp³-hybridized carbons (Fsp3) is 0.0476. The molecule has 0 spiro atoms.